The predicted molar refractivity (Wildman–Crippen MR) is 99.1 cm³/mol. The smallest absolute Gasteiger partial charge is 0.175 e. The van der Waals surface area contributed by atoms with Crippen molar-refractivity contribution in [2.45, 2.75) is 40.0 Å². The zero-order valence-electron chi connectivity index (χ0n) is 15.1. The summed E-state index contributed by atoms with van der Waals surface area (Å²) >= 11 is 0. The number of benzene rings is 1. The van der Waals surface area contributed by atoms with Gasteiger partial charge in [-0.15, -0.1) is 0 Å². The molecule has 4 nitrogen and oxygen atoms in total. The van der Waals surface area contributed by atoms with Gasteiger partial charge in [0.1, 0.15) is 0 Å². The van der Waals surface area contributed by atoms with E-state index in [0.717, 1.165) is 38.8 Å². The zero-order chi connectivity index (χ0) is 17.2. The summed E-state index contributed by atoms with van der Waals surface area (Å²) < 4.78 is 23.5. The lowest BCUT2D eigenvalue weighted by molar-refractivity contribution is 0.0611. The van der Waals surface area contributed by atoms with E-state index in [2.05, 4.69) is 52.0 Å². The van der Waals surface area contributed by atoms with Crippen LogP contribution in [0.15, 0.2) is 24.3 Å². The van der Waals surface area contributed by atoms with Gasteiger partial charge in [-0.25, -0.2) is 0 Å². The van der Waals surface area contributed by atoms with E-state index >= 15 is 0 Å². The molecule has 0 aromatic heterocycles. The van der Waals surface area contributed by atoms with Crippen molar-refractivity contribution in [1.29, 1.82) is 0 Å². The molecule has 0 saturated carbocycles. The van der Waals surface area contributed by atoms with Gasteiger partial charge >= 0.3 is 0 Å². The Balaban J connectivity index is 1.47. The van der Waals surface area contributed by atoms with Gasteiger partial charge in [0.15, 0.2) is 16.8 Å². The van der Waals surface area contributed by atoms with E-state index < -0.39 is 16.8 Å². The van der Waals surface area contributed by atoms with Gasteiger partial charge in [0.05, 0.1) is 26.4 Å². The first-order chi connectivity index (χ1) is 11.3. The molecule has 0 bridgehead atoms. The van der Waals surface area contributed by atoms with Gasteiger partial charge in [-0.1, -0.05) is 52.0 Å². The highest BCUT2D eigenvalue weighted by Gasteiger charge is 2.30. The summed E-state index contributed by atoms with van der Waals surface area (Å²) in [6.07, 6.45) is 1.73. The minimum Gasteiger partial charge on any atom is -0.333 e. The Hall–Kier alpha value is -0.0800. The van der Waals surface area contributed by atoms with Crippen LogP contribution in [0.25, 0.3) is 0 Å². The fourth-order valence-corrected chi connectivity index (χ4v) is 5.88. The molecule has 2 saturated heterocycles. The Morgan fingerprint density at radius 1 is 0.667 bits per heavy atom. The predicted octanol–water partition coefficient (Wildman–Crippen LogP) is 5.46. The molecule has 0 spiro atoms. The van der Waals surface area contributed by atoms with Crippen molar-refractivity contribution in [3.63, 3.8) is 0 Å². The highest BCUT2D eigenvalue weighted by Crippen LogP contribution is 2.50. The van der Waals surface area contributed by atoms with Gasteiger partial charge in [0.2, 0.25) is 0 Å². The first-order valence-electron chi connectivity index (χ1n) is 8.46. The lowest BCUT2D eigenvalue weighted by Crippen LogP contribution is -2.28. The minimum absolute atomic E-state index is 0.138. The molecule has 2 heterocycles. The summed E-state index contributed by atoms with van der Waals surface area (Å²) in [5.74, 6) is 0. The van der Waals surface area contributed by atoms with Crippen LogP contribution in [-0.4, -0.2) is 26.4 Å². The molecule has 0 atom stereocenters. The molecule has 24 heavy (non-hydrogen) atoms. The lowest BCUT2D eigenvalue weighted by atomic mass is 9.97. The molecule has 134 valence electrons. The van der Waals surface area contributed by atoms with E-state index in [9.17, 15) is 0 Å². The average molecular weight is 370 g/mol. The average Bonchev–Trinajstić information content (AvgIpc) is 2.53. The highest BCUT2D eigenvalue weighted by atomic mass is 31.2. The van der Waals surface area contributed by atoms with E-state index in [-0.39, 0.29) is 10.8 Å². The highest BCUT2D eigenvalue weighted by molar-refractivity contribution is 7.46. The van der Waals surface area contributed by atoms with Crippen molar-refractivity contribution in [3.8, 4) is 0 Å². The van der Waals surface area contributed by atoms with Crippen LogP contribution >= 0.6 is 16.8 Å². The van der Waals surface area contributed by atoms with E-state index in [0.29, 0.717) is 0 Å². The van der Waals surface area contributed by atoms with Gasteiger partial charge in [-0.2, -0.15) is 0 Å². The molecule has 2 fully saturated rings. The Bertz CT molecular complexity index is 475. The van der Waals surface area contributed by atoms with E-state index in [1.165, 1.54) is 11.1 Å². The van der Waals surface area contributed by atoms with Gasteiger partial charge in [-0.3, -0.25) is 0 Å². The third-order valence-corrected chi connectivity index (χ3v) is 6.96. The van der Waals surface area contributed by atoms with E-state index in [1.807, 2.05) is 0 Å². The second kappa shape index (κ2) is 7.66. The van der Waals surface area contributed by atoms with Gasteiger partial charge in [0, 0.05) is 23.2 Å². The summed E-state index contributed by atoms with van der Waals surface area (Å²) in [5.41, 5.74) is 2.81. The van der Waals surface area contributed by atoms with Gasteiger partial charge in [-0.05, 0) is 11.1 Å². The zero-order valence-corrected chi connectivity index (χ0v) is 16.9. The first-order valence-corrected chi connectivity index (χ1v) is 11.2. The van der Waals surface area contributed by atoms with Crippen LogP contribution in [0.4, 0.5) is 0 Å². The number of hydrogen-bond donors (Lipinski definition) is 0. The van der Waals surface area contributed by atoms with Gasteiger partial charge < -0.3 is 18.1 Å². The van der Waals surface area contributed by atoms with Crippen LogP contribution in [0.3, 0.4) is 0 Å². The third kappa shape index (κ3) is 5.46. The van der Waals surface area contributed by atoms with Crippen LogP contribution in [-0.2, 0) is 30.4 Å². The summed E-state index contributed by atoms with van der Waals surface area (Å²) in [7, 11) is -1.58. The summed E-state index contributed by atoms with van der Waals surface area (Å²) in [4.78, 5) is 0. The van der Waals surface area contributed by atoms with Crippen molar-refractivity contribution >= 4 is 16.8 Å². The fourth-order valence-electron chi connectivity index (χ4n) is 2.38. The van der Waals surface area contributed by atoms with Crippen molar-refractivity contribution < 1.29 is 18.1 Å². The maximum atomic E-state index is 5.87. The number of hydrogen-bond acceptors (Lipinski definition) is 4. The fraction of sp³-hybridized carbons (Fsp3) is 0.667. The van der Waals surface area contributed by atoms with Crippen LogP contribution in [0.5, 0.6) is 0 Å². The van der Waals surface area contributed by atoms with E-state index in [4.69, 9.17) is 18.1 Å². The maximum Gasteiger partial charge on any atom is 0.175 e. The van der Waals surface area contributed by atoms with Crippen LogP contribution in [0.1, 0.15) is 38.8 Å². The van der Waals surface area contributed by atoms with Crippen molar-refractivity contribution in [1.82, 2.24) is 0 Å². The summed E-state index contributed by atoms with van der Waals surface area (Å²) in [5, 5.41) is 0. The van der Waals surface area contributed by atoms with Crippen LogP contribution in [0.2, 0.25) is 0 Å². The van der Waals surface area contributed by atoms with Crippen molar-refractivity contribution in [2.75, 3.05) is 26.4 Å². The second-order valence-electron chi connectivity index (χ2n) is 8.22. The second-order valence-corrected chi connectivity index (χ2v) is 11.2. The Morgan fingerprint density at radius 3 is 1.25 bits per heavy atom. The van der Waals surface area contributed by atoms with Crippen LogP contribution < -0.4 is 0 Å². The lowest BCUT2D eigenvalue weighted by Gasteiger charge is -2.34. The largest absolute Gasteiger partial charge is 0.333 e. The molecule has 0 amide bonds. The molecule has 2 aliphatic rings. The standard InChI is InChI=1S/C18H28O4P2/c1-17(2)11-19-23(20-12-17)9-15-5-7-16(8-6-15)10-24-21-13-18(3,4)14-22-24/h5-8H,9-14H2,1-4H3. The van der Waals surface area contributed by atoms with Crippen molar-refractivity contribution in [2.24, 2.45) is 10.8 Å². The Kier molecular flexibility index (Phi) is 5.97. The maximum absolute atomic E-state index is 5.87. The Morgan fingerprint density at radius 2 is 0.958 bits per heavy atom. The molecule has 1 aromatic rings. The van der Waals surface area contributed by atoms with Gasteiger partial charge in [0.25, 0.3) is 0 Å². The SMILES string of the molecule is CC1(C)COP(Cc2ccc(CP3OCC(C)(C)CO3)cc2)OC1. The molecular weight excluding hydrogens is 342 g/mol. The summed E-state index contributed by atoms with van der Waals surface area (Å²) in [6.45, 7) is 11.8. The molecule has 0 aliphatic carbocycles. The third-order valence-electron chi connectivity index (χ3n) is 4.04. The topological polar surface area (TPSA) is 36.9 Å². The quantitative estimate of drug-likeness (QED) is 0.660. The monoisotopic (exact) mass is 370 g/mol. The molecule has 0 radical (unpaired) electrons. The van der Waals surface area contributed by atoms with E-state index in [1.54, 1.807) is 0 Å². The molecule has 0 unspecified atom stereocenters. The minimum atomic E-state index is -0.789. The Labute approximate surface area is 148 Å². The molecular formula is C18H28O4P2. The van der Waals surface area contributed by atoms with Crippen LogP contribution in [0, 0.1) is 10.8 Å². The summed E-state index contributed by atoms with van der Waals surface area (Å²) in [6, 6.07) is 8.70. The molecule has 2 aliphatic heterocycles. The first kappa shape index (κ1) is 18.7. The molecule has 3 rings (SSSR count). The molecule has 0 N–H and O–H groups in total. The normalized spacial score (nSPS) is 24.8. The van der Waals surface area contributed by atoms with Crippen molar-refractivity contribution in [3.05, 3.63) is 35.4 Å². The molecule has 1 aromatic carbocycles. The number of rotatable bonds is 4. The molecule has 6 heteroatoms.